The third kappa shape index (κ3) is 6.28. The standard InChI is InChI=1S/C15H22BrNO3S/c1-5-20-14(18)10-13(17-21(19)15(2,3)4)11-7-6-8-12(16)9-11/h6-9,13,17H,5,10H2,1-4H3/t13-,21+/m1/s1. The minimum atomic E-state index is -1.27. The van der Waals surface area contributed by atoms with Crippen molar-refractivity contribution >= 4 is 32.9 Å². The van der Waals surface area contributed by atoms with E-state index in [1.165, 1.54) is 0 Å². The summed E-state index contributed by atoms with van der Waals surface area (Å²) in [6.07, 6.45) is 0.145. The fourth-order valence-corrected chi connectivity index (χ4v) is 2.89. The van der Waals surface area contributed by atoms with E-state index < -0.39 is 15.7 Å². The van der Waals surface area contributed by atoms with Crippen LogP contribution in [0.1, 0.15) is 45.7 Å². The maximum Gasteiger partial charge on any atom is 0.307 e. The smallest absolute Gasteiger partial charge is 0.307 e. The molecular formula is C15H22BrNO3S. The molecule has 1 rings (SSSR count). The van der Waals surface area contributed by atoms with Crippen LogP contribution < -0.4 is 4.72 Å². The Morgan fingerprint density at radius 3 is 2.62 bits per heavy atom. The van der Waals surface area contributed by atoms with Gasteiger partial charge in [0.2, 0.25) is 0 Å². The average molecular weight is 376 g/mol. The van der Waals surface area contributed by atoms with E-state index in [1.807, 2.05) is 45.0 Å². The minimum absolute atomic E-state index is 0.145. The van der Waals surface area contributed by atoms with Crippen molar-refractivity contribution in [3.05, 3.63) is 34.3 Å². The van der Waals surface area contributed by atoms with Gasteiger partial charge in [-0.25, -0.2) is 8.93 Å². The molecule has 0 aliphatic carbocycles. The largest absolute Gasteiger partial charge is 0.466 e. The summed E-state index contributed by atoms with van der Waals surface area (Å²) in [5.41, 5.74) is 0.898. The zero-order valence-electron chi connectivity index (χ0n) is 12.8. The van der Waals surface area contributed by atoms with Crippen molar-refractivity contribution in [2.75, 3.05) is 6.61 Å². The van der Waals surface area contributed by atoms with Crippen LogP contribution in [0.15, 0.2) is 28.7 Å². The molecule has 0 aliphatic heterocycles. The van der Waals surface area contributed by atoms with E-state index >= 15 is 0 Å². The summed E-state index contributed by atoms with van der Waals surface area (Å²) in [6, 6.07) is 7.27. The lowest BCUT2D eigenvalue weighted by Gasteiger charge is -2.24. The zero-order valence-corrected chi connectivity index (χ0v) is 15.2. The molecule has 1 aromatic carbocycles. The van der Waals surface area contributed by atoms with Gasteiger partial charge in [0.25, 0.3) is 0 Å². The third-order valence-corrected chi connectivity index (χ3v) is 4.84. The molecule has 6 heteroatoms. The fraction of sp³-hybridized carbons (Fsp3) is 0.533. The average Bonchev–Trinajstić information content (AvgIpc) is 2.37. The van der Waals surface area contributed by atoms with Gasteiger partial charge in [-0.2, -0.15) is 0 Å². The van der Waals surface area contributed by atoms with Gasteiger partial charge >= 0.3 is 5.97 Å². The minimum Gasteiger partial charge on any atom is -0.466 e. The monoisotopic (exact) mass is 375 g/mol. The second kappa shape index (κ2) is 8.06. The number of benzene rings is 1. The molecule has 0 bridgehead atoms. The van der Waals surface area contributed by atoms with E-state index in [9.17, 15) is 9.00 Å². The third-order valence-electron chi connectivity index (χ3n) is 2.73. The van der Waals surface area contributed by atoms with Gasteiger partial charge < -0.3 is 4.74 Å². The number of hydrogen-bond donors (Lipinski definition) is 1. The second-order valence-electron chi connectivity index (χ2n) is 5.62. The normalized spacial score (nSPS) is 14.5. The molecule has 21 heavy (non-hydrogen) atoms. The van der Waals surface area contributed by atoms with E-state index in [0.29, 0.717) is 6.61 Å². The predicted octanol–water partition coefficient (Wildman–Crippen LogP) is 3.50. The van der Waals surface area contributed by atoms with Crippen molar-refractivity contribution in [1.29, 1.82) is 0 Å². The summed E-state index contributed by atoms with van der Waals surface area (Å²) in [6.45, 7) is 7.77. The Labute approximate surface area is 137 Å². The van der Waals surface area contributed by atoms with Crippen LogP contribution >= 0.6 is 15.9 Å². The highest BCUT2D eigenvalue weighted by molar-refractivity contribution is 9.10. The highest BCUT2D eigenvalue weighted by Gasteiger charge is 2.25. The Hall–Kier alpha value is -0.720. The summed E-state index contributed by atoms with van der Waals surface area (Å²) in [5.74, 6) is -0.305. The van der Waals surface area contributed by atoms with Gasteiger partial charge in [-0.05, 0) is 45.4 Å². The second-order valence-corrected chi connectivity index (χ2v) is 8.53. The van der Waals surface area contributed by atoms with Crippen LogP contribution in [0.2, 0.25) is 0 Å². The number of hydrogen-bond acceptors (Lipinski definition) is 3. The first-order chi connectivity index (χ1) is 9.74. The number of ether oxygens (including phenoxy) is 1. The lowest BCUT2D eigenvalue weighted by atomic mass is 10.1. The predicted molar refractivity (Wildman–Crippen MR) is 89.2 cm³/mol. The maximum atomic E-state index is 12.3. The van der Waals surface area contributed by atoms with Crippen molar-refractivity contribution in [2.45, 2.75) is 44.9 Å². The number of rotatable bonds is 6. The van der Waals surface area contributed by atoms with Gasteiger partial charge in [0.05, 0.1) is 34.8 Å². The van der Waals surface area contributed by atoms with Crippen molar-refractivity contribution < 1.29 is 13.7 Å². The number of nitrogens with one attached hydrogen (secondary N) is 1. The lowest BCUT2D eigenvalue weighted by Crippen LogP contribution is -2.36. The highest BCUT2D eigenvalue weighted by Crippen LogP contribution is 2.23. The number of halogens is 1. The Balaban J connectivity index is 2.94. The van der Waals surface area contributed by atoms with Crippen LogP contribution in [0.5, 0.6) is 0 Å². The van der Waals surface area contributed by atoms with E-state index in [-0.39, 0.29) is 18.4 Å². The van der Waals surface area contributed by atoms with Crippen molar-refractivity contribution in [2.24, 2.45) is 0 Å². The molecule has 0 unspecified atom stereocenters. The Morgan fingerprint density at radius 1 is 1.43 bits per heavy atom. The Morgan fingerprint density at radius 2 is 2.10 bits per heavy atom. The van der Waals surface area contributed by atoms with E-state index in [0.717, 1.165) is 10.0 Å². The number of esters is 1. The van der Waals surface area contributed by atoms with E-state index in [2.05, 4.69) is 20.7 Å². The van der Waals surface area contributed by atoms with Crippen LogP contribution in [0.4, 0.5) is 0 Å². The summed E-state index contributed by atoms with van der Waals surface area (Å²) < 4.78 is 20.9. The van der Waals surface area contributed by atoms with Crippen molar-refractivity contribution in [1.82, 2.24) is 4.72 Å². The van der Waals surface area contributed by atoms with Gasteiger partial charge in [-0.15, -0.1) is 0 Å². The van der Waals surface area contributed by atoms with Gasteiger partial charge in [0.1, 0.15) is 0 Å². The molecular weight excluding hydrogens is 354 g/mol. The Kier molecular flexibility index (Phi) is 7.03. The summed E-state index contributed by atoms with van der Waals surface area (Å²) in [5, 5.41) is 0. The van der Waals surface area contributed by atoms with Crippen LogP contribution in [-0.2, 0) is 20.5 Å². The number of carbonyl (C=O) groups is 1. The van der Waals surface area contributed by atoms with E-state index in [1.54, 1.807) is 6.92 Å². The van der Waals surface area contributed by atoms with Crippen molar-refractivity contribution in [3.63, 3.8) is 0 Å². The molecule has 2 atom stereocenters. The molecule has 0 fully saturated rings. The summed E-state index contributed by atoms with van der Waals surface area (Å²) in [4.78, 5) is 11.8. The molecule has 0 saturated heterocycles. The quantitative estimate of drug-likeness (QED) is 0.774. The van der Waals surface area contributed by atoms with E-state index in [4.69, 9.17) is 4.74 Å². The molecule has 0 aromatic heterocycles. The highest BCUT2D eigenvalue weighted by atomic mass is 79.9. The molecule has 0 heterocycles. The van der Waals surface area contributed by atoms with Crippen LogP contribution in [0.25, 0.3) is 0 Å². The fourth-order valence-electron chi connectivity index (χ4n) is 1.64. The molecule has 1 N–H and O–H groups in total. The van der Waals surface area contributed by atoms with Gasteiger partial charge in [0, 0.05) is 4.47 Å². The first kappa shape index (κ1) is 18.3. The van der Waals surface area contributed by atoms with Crippen molar-refractivity contribution in [3.8, 4) is 0 Å². The zero-order chi connectivity index (χ0) is 16.0. The number of carbonyl (C=O) groups excluding carboxylic acids is 1. The lowest BCUT2D eigenvalue weighted by molar-refractivity contribution is -0.143. The maximum absolute atomic E-state index is 12.3. The van der Waals surface area contributed by atoms with Gasteiger partial charge in [0.15, 0.2) is 0 Å². The van der Waals surface area contributed by atoms with Gasteiger partial charge in [-0.1, -0.05) is 28.1 Å². The van der Waals surface area contributed by atoms with Gasteiger partial charge in [-0.3, -0.25) is 4.79 Å². The van der Waals surface area contributed by atoms with Crippen LogP contribution in [0.3, 0.4) is 0 Å². The summed E-state index contributed by atoms with van der Waals surface area (Å²) >= 11 is 3.41. The molecule has 118 valence electrons. The van der Waals surface area contributed by atoms with Crippen LogP contribution in [-0.4, -0.2) is 21.5 Å². The molecule has 0 saturated carbocycles. The summed E-state index contributed by atoms with van der Waals surface area (Å²) in [7, 11) is -1.27. The van der Waals surface area contributed by atoms with Crippen LogP contribution in [0, 0.1) is 0 Å². The molecule has 1 aromatic rings. The SMILES string of the molecule is CCOC(=O)C[C@@H](N[S@@](=O)C(C)(C)C)c1cccc(Br)c1. The molecule has 0 amide bonds. The molecule has 0 spiro atoms. The molecule has 4 nitrogen and oxygen atoms in total. The first-order valence-corrected chi connectivity index (χ1v) is 8.77. The molecule has 0 radical (unpaired) electrons. The first-order valence-electron chi connectivity index (χ1n) is 6.83. The topological polar surface area (TPSA) is 55.4 Å². The Bertz CT molecular complexity index is 514. The molecule has 0 aliphatic rings.